The molecule has 4 amide bonds. The highest BCUT2D eigenvalue weighted by atomic mass is 16.5. The van der Waals surface area contributed by atoms with Crippen LogP contribution in [0.3, 0.4) is 0 Å². The third-order valence-corrected chi connectivity index (χ3v) is 10.0. The zero-order chi connectivity index (χ0) is 37.3. The highest BCUT2D eigenvalue weighted by Gasteiger charge is 2.46. The summed E-state index contributed by atoms with van der Waals surface area (Å²) in [6.45, 7) is 9.13. The molecule has 0 radical (unpaired) electrons. The minimum atomic E-state index is -1.15. The largest absolute Gasteiger partial charge is 0.467 e. The molecular weight excluding hydrogens is 642 g/mol. The molecule has 4 N–H and O–H groups in total. The number of likely N-dealkylation sites (tertiary alicyclic amines) is 1. The second-order valence-corrected chi connectivity index (χ2v) is 14.7. The van der Waals surface area contributed by atoms with Gasteiger partial charge in [0.2, 0.25) is 23.6 Å². The molecule has 1 heterocycles. The predicted octanol–water partition coefficient (Wildman–Crippen LogP) is 2.05. The lowest BCUT2D eigenvalue weighted by Gasteiger charge is -2.39. The lowest BCUT2D eigenvalue weighted by atomic mass is 9.93. The van der Waals surface area contributed by atoms with Crippen molar-refractivity contribution in [2.24, 2.45) is 23.5 Å². The summed E-state index contributed by atoms with van der Waals surface area (Å²) in [6, 6.07) is 6.92. The van der Waals surface area contributed by atoms with Crippen LogP contribution in [-0.2, 0) is 44.6 Å². The molecule has 0 aromatic heterocycles. The zero-order valence-electron chi connectivity index (χ0n) is 31.3. The molecule has 2 fully saturated rings. The molecule has 0 bridgehead atoms. The van der Waals surface area contributed by atoms with Gasteiger partial charge < -0.3 is 40.4 Å². The number of nitrogens with two attached hydrogens (primary N) is 1. The van der Waals surface area contributed by atoms with Gasteiger partial charge in [-0.05, 0) is 56.9 Å². The molecule has 1 aliphatic carbocycles. The van der Waals surface area contributed by atoms with Gasteiger partial charge in [0.05, 0.1) is 49.3 Å². The van der Waals surface area contributed by atoms with Gasteiger partial charge >= 0.3 is 5.97 Å². The van der Waals surface area contributed by atoms with Crippen LogP contribution >= 0.6 is 0 Å². The fourth-order valence-corrected chi connectivity index (χ4v) is 6.92. The maximum absolute atomic E-state index is 14.0. The van der Waals surface area contributed by atoms with Gasteiger partial charge in [-0.15, -0.1) is 0 Å². The number of hydrogen-bond acceptors (Lipinski definition) is 9. The van der Waals surface area contributed by atoms with E-state index in [0.29, 0.717) is 13.0 Å². The first kappa shape index (κ1) is 40.9. The standard InChI is InChI=1S/C37H59N5O8/c1-22(2)30(40-36(47)37(4,5)38)34(45)41(6)31(25-17-18-25)28(48-7)21-29(43)42-19-13-16-27(42)32(49-8)23(3)33(44)39-26(35(46)50-9)20-24-14-11-10-12-15-24/h10-12,14-15,22-23,25-28,30-32H,13,16-21,38H2,1-9H3,(H,39,44)(H,40,47)/t23-,26+,27+,28-,30+,31+,32-/m1/s1. The Kier molecular flexibility index (Phi) is 14.8. The predicted molar refractivity (Wildman–Crippen MR) is 189 cm³/mol. The minimum Gasteiger partial charge on any atom is -0.467 e. The van der Waals surface area contributed by atoms with Crippen molar-refractivity contribution in [1.29, 1.82) is 0 Å². The number of rotatable bonds is 18. The second kappa shape index (κ2) is 18.1. The Labute approximate surface area is 297 Å². The summed E-state index contributed by atoms with van der Waals surface area (Å²) < 4.78 is 16.8. The first-order chi connectivity index (χ1) is 23.5. The number of ether oxygens (including phenoxy) is 3. The van der Waals surface area contributed by atoms with E-state index in [-0.39, 0.29) is 54.5 Å². The molecule has 1 aromatic rings. The normalized spacial score (nSPS) is 19.9. The third kappa shape index (κ3) is 10.5. The maximum atomic E-state index is 14.0. The molecule has 3 rings (SSSR count). The quantitative estimate of drug-likeness (QED) is 0.194. The molecule has 1 aromatic carbocycles. The number of carbonyl (C=O) groups is 5. The van der Waals surface area contributed by atoms with Gasteiger partial charge in [-0.3, -0.25) is 19.2 Å². The van der Waals surface area contributed by atoms with Crippen LogP contribution in [0.25, 0.3) is 0 Å². The SMILES string of the molecule is COC(=O)[C@H](Cc1ccccc1)NC(=O)[C@H](C)[C@@H](OC)[C@@H]1CCCN1C(=O)C[C@@H](OC)[C@H](C1CC1)N(C)C(=O)[C@@H](NC(=O)C(C)(C)N)C(C)C. The van der Waals surface area contributed by atoms with Crippen molar-refractivity contribution >= 4 is 29.6 Å². The number of amides is 4. The molecular formula is C37H59N5O8. The van der Waals surface area contributed by atoms with Crippen LogP contribution in [0, 0.1) is 17.8 Å². The molecule has 1 aliphatic heterocycles. The highest BCUT2D eigenvalue weighted by molar-refractivity contribution is 5.92. The first-order valence-corrected chi connectivity index (χ1v) is 17.7. The lowest BCUT2D eigenvalue weighted by molar-refractivity contribution is -0.148. The van der Waals surface area contributed by atoms with E-state index in [1.54, 1.807) is 44.7 Å². The van der Waals surface area contributed by atoms with Crippen molar-refractivity contribution in [3.05, 3.63) is 35.9 Å². The minimum absolute atomic E-state index is 0.0266. The van der Waals surface area contributed by atoms with Crippen molar-refractivity contribution in [2.75, 3.05) is 34.9 Å². The molecule has 13 heteroatoms. The van der Waals surface area contributed by atoms with Gasteiger partial charge in [0.25, 0.3) is 0 Å². The summed E-state index contributed by atoms with van der Waals surface area (Å²) in [5.41, 5.74) is 5.72. The van der Waals surface area contributed by atoms with E-state index in [4.69, 9.17) is 19.9 Å². The van der Waals surface area contributed by atoms with Gasteiger partial charge in [0, 0.05) is 34.2 Å². The molecule has 13 nitrogen and oxygen atoms in total. The maximum Gasteiger partial charge on any atom is 0.328 e. The Morgan fingerprint density at radius 1 is 0.980 bits per heavy atom. The molecule has 0 spiro atoms. The topological polar surface area (TPSA) is 170 Å². The van der Waals surface area contributed by atoms with E-state index in [2.05, 4.69) is 10.6 Å². The smallest absolute Gasteiger partial charge is 0.328 e. The number of nitrogens with one attached hydrogen (secondary N) is 2. The Balaban J connectivity index is 1.74. The van der Waals surface area contributed by atoms with E-state index >= 15 is 0 Å². The monoisotopic (exact) mass is 701 g/mol. The summed E-state index contributed by atoms with van der Waals surface area (Å²) in [5, 5.41) is 5.67. The number of methoxy groups -OCH3 is 3. The van der Waals surface area contributed by atoms with E-state index in [1.807, 2.05) is 44.2 Å². The number of carbonyl (C=O) groups excluding carboxylic acids is 5. The van der Waals surface area contributed by atoms with Crippen LogP contribution in [0.4, 0.5) is 0 Å². The molecule has 0 unspecified atom stereocenters. The van der Waals surface area contributed by atoms with Crippen molar-refractivity contribution in [3.8, 4) is 0 Å². The van der Waals surface area contributed by atoms with Gasteiger partial charge in [0.1, 0.15) is 12.1 Å². The third-order valence-electron chi connectivity index (χ3n) is 10.0. The number of likely N-dealkylation sites (N-methyl/N-ethyl adjacent to an activating group) is 1. The Bertz CT molecular complexity index is 1310. The number of nitrogens with zero attached hydrogens (tertiary/aromatic N) is 2. The van der Waals surface area contributed by atoms with E-state index in [0.717, 1.165) is 24.8 Å². The van der Waals surface area contributed by atoms with Crippen LogP contribution in [0.5, 0.6) is 0 Å². The number of benzene rings is 1. The summed E-state index contributed by atoms with van der Waals surface area (Å²) >= 11 is 0. The highest BCUT2D eigenvalue weighted by Crippen LogP contribution is 2.39. The molecule has 280 valence electrons. The molecule has 2 aliphatic rings. The van der Waals surface area contributed by atoms with Crippen molar-refractivity contribution in [1.82, 2.24) is 20.4 Å². The summed E-state index contributed by atoms with van der Waals surface area (Å²) in [4.78, 5) is 70.2. The average molecular weight is 702 g/mol. The van der Waals surface area contributed by atoms with Gasteiger partial charge in [-0.1, -0.05) is 51.1 Å². The number of esters is 1. The Hall–Kier alpha value is -3.55. The van der Waals surface area contributed by atoms with E-state index in [1.165, 1.54) is 14.2 Å². The fraction of sp³-hybridized carbons (Fsp3) is 0.703. The molecule has 1 saturated carbocycles. The van der Waals surface area contributed by atoms with Crippen LogP contribution in [-0.4, -0.2) is 116 Å². The molecule has 7 atom stereocenters. The van der Waals surface area contributed by atoms with Crippen LogP contribution in [0.1, 0.15) is 72.3 Å². The van der Waals surface area contributed by atoms with Crippen molar-refractivity contribution in [2.45, 2.75) is 115 Å². The fourth-order valence-electron chi connectivity index (χ4n) is 6.92. The van der Waals surface area contributed by atoms with Gasteiger partial charge in [-0.25, -0.2) is 4.79 Å². The Morgan fingerprint density at radius 2 is 1.62 bits per heavy atom. The summed E-state index contributed by atoms with van der Waals surface area (Å²) in [5.74, 6) is -2.51. The van der Waals surface area contributed by atoms with Crippen LogP contribution < -0.4 is 16.4 Å². The summed E-state index contributed by atoms with van der Waals surface area (Å²) in [6.07, 6.45) is 2.23. The van der Waals surface area contributed by atoms with Crippen LogP contribution in [0.2, 0.25) is 0 Å². The summed E-state index contributed by atoms with van der Waals surface area (Å²) in [7, 11) is 6.06. The van der Waals surface area contributed by atoms with E-state index < -0.39 is 47.6 Å². The van der Waals surface area contributed by atoms with Crippen LogP contribution in [0.15, 0.2) is 30.3 Å². The van der Waals surface area contributed by atoms with E-state index in [9.17, 15) is 24.0 Å². The van der Waals surface area contributed by atoms with Gasteiger partial charge in [-0.2, -0.15) is 0 Å². The van der Waals surface area contributed by atoms with Crippen molar-refractivity contribution in [3.63, 3.8) is 0 Å². The lowest BCUT2D eigenvalue weighted by Crippen LogP contribution is -2.60. The Morgan fingerprint density at radius 3 is 2.14 bits per heavy atom. The average Bonchev–Trinajstić information content (AvgIpc) is 3.80. The molecule has 50 heavy (non-hydrogen) atoms. The second-order valence-electron chi connectivity index (χ2n) is 14.7. The van der Waals surface area contributed by atoms with Gasteiger partial charge in [0.15, 0.2) is 0 Å². The first-order valence-electron chi connectivity index (χ1n) is 17.7. The zero-order valence-corrected chi connectivity index (χ0v) is 31.3. The van der Waals surface area contributed by atoms with Crippen molar-refractivity contribution < 1.29 is 38.2 Å². The number of hydrogen-bond donors (Lipinski definition) is 3. The molecule has 1 saturated heterocycles.